The molecule has 3 aliphatic carbocycles. The van der Waals surface area contributed by atoms with Crippen molar-refractivity contribution in [3.05, 3.63) is 64.7 Å². The van der Waals surface area contributed by atoms with Crippen molar-refractivity contribution in [3.8, 4) is 11.5 Å². The van der Waals surface area contributed by atoms with Crippen LogP contribution < -0.4 is 4.74 Å². The summed E-state index contributed by atoms with van der Waals surface area (Å²) < 4.78 is 45.8. The minimum Gasteiger partial charge on any atom is -0.504 e. The number of halogens is 3. The molecule has 2 aromatic carbocycles. The lowest BCUT2D eigenvalue weighted by molar-refractivity contribution is -0.201. The summed E-state index contributed by atoms with van der Waals surface area (Å²) in [6.45, 7) is 6.36. The molecule has 230 valence electrons. The molecule has 1 saturated heterocycles. The van der Waals surface area contributed by atoms with E-state index in [4.69, 9.17) is 4.74 Å². The first-order valence-corrected chi connectivity index (χ1v) is 15.6. The summed E-state index contributed by atoms with van der Waals surface area (Å²) in [4.78, 5) is 18.2. The molecular formula is C34H39F3N2O4. The van der Waals surface area contributed by atoms with Gasteiger partial charge in [-0.1, -0.05) is 32.0 Å². The van der Waals surface area contributed by atoms with Gasteiger partial charge >= 0.3 is 6.18 Å². The molecule has 6 nitrogen and oxygen atoms in total. The zero-order valence-corrected chi connectivity index (χ0v) is 24.6. The summed E-state index contributed by atoms with van der Waals surface area (Å²) in [7, 11) is 0. The lowest BCUT2D eigenvalue weighted by Crippen LogP contribution is -2.78. The molecule has 0 aromatic heterocycles. The predicted molar refractivity (Wildman–Crippen MR) is 156 cm³/mol. The van der Waals surface area contributed by atoms with Gasteiger partial charge in [-0.2, -0.15) is 13.2 Å². The van der Waals surface area contributed by atoms with Crippen LogP contribution in [0, 0.1) is 11.8 Å². The minimum atomic E-state index is -4.42. The second kappa shape index (κ2) is 9.99. The number of piperidine rings is 1. The number of alkyl halides is 3. The third kappa shape index (κ3) is 4.48. The highest BCUT2D eigenvalue weighted by molar-refractivity contribution is 5.92. The maximum atomic E-state index is 13.9. The third-order valence-electron chi connectivity index (χ3n) is 10.6. The Kier molecular flexibility index (Phi) is 6.67. The number of benzene rings is 2. The zero-order chi connectivity index (χ0) is 30.3. The quantitative estimate of drug-likeness (QED) is 0.411. The highest BCUT2D eigenvalue weighted by Gasteiger charge is 2.73. The van der Waals surface area contributed by atoms with E-state index in [9.17, 15) is 28.2 Å². The van der Waals surface area contributed by atoms with Crippen LogP contribution in [0.2, 0.25) is 0 Å². The van der Waals surface area contributed by atoms with Crippen LogP contribution in [0.5, 0.6) is 11.5 Å². The number of likely N-dealkylation sites (tertiary alicyclic amines) is 1. The van der Waals surface area contributed by atoms with Gasteiger partial charge < -0.3 is 19.8 Å². The topological polar surface area (TPSA) is 73.2 Å². The van der Waals surface area contributed by atoms with E-state index >= 15 is 0 Å². The summed E-state index contributed by atoms with van der Waals surface area (Å²) in [6.07, 6.45) is 2.96. The average molecular weight is 597 g/mol. The molecule has 2 saturated carbocycles. The Morgan fingerprint density at radius 3 is 2.56 bits per heavy atom. The van der Waals surface area contributed by atoms with Crippen LogP contribution in [0.15, 0.2) is 42.5 Å². The Morgan fingerprint density at radius 2 is 1.88 bits per heavy atom. The van der Waals surface area contributed by atoms with Gasteiger partial charge in [0, 0.05) is 30.8 Å². The van der Waals surface area contributed by atoms with Crippen molar-refractivity contribution >= 4 is 12.0 Å². The molecule has 1 spiro atoms. The third-order valence-corrected chi connectivity index (χ3v) is 10.6. The number of hydrogen-bond acceptors (Lipinski definition) is 5. The summed E-state index contributed by atoms with van der Waals surface area (Å²) in [6, 6.07) is 8.01. The van der Waals surface area contributed by atoms with Gasteiger partial charge in [0.2, 0.25) is 5.91 Å². The summed E-state index contributed by atoms with van der Waals surface area (Å²) in [5, 5.41) is 23.7. The summed E-state index contributed by atoms with van der Waals surface area (Å²) in [5.74, 6) is 1.10. The van der Waals surface area contributed by atoms with E-state index in [0.717, 1.165) is 36.3 Å². The van der Waals surface area contributed by atoms with Crippen LogP contribution in [0.4, 0.5) is 13.2 Å². The van der Waals surface area contributed by atoms with E-state index in [1.165, 1.54) is 31.1 Å². The number of aliphatic hydroxyl groups is 1. The van der Waals surface area contributed by atoms with Crippen molar-refractivity contribution in [2.45, 2.75) is 87.8 Å². The minimum absolute atomic E-state index is 0.0503. The van der Waals surface area contributed by atoms with E-state index in [1.807, 2.05) is 24.8 Å². The second-order valence-electron chi connectivity index (χ2n) is 13.7. The number of rotatable bonds is 7. The van der Waals surface area contributed by atoms with Crippen molar-refractivity contribution in [1.82, 2.24) is 9.80 Å². The van der Waals surface area contributed by atoms with Crippen LogP contribution in [0.25, 0.3) is 6.08 Å². The zero-order valence-electron chi connectivity index (χ0n) is 24.6. The number of phenols is 1. The maximum absolute atomic E-state index is 13.9. The van der Waals surface area contributed by atoms with E-state index in [1.54, 1.807) is 12.1 Å². The van der Waals surface area contributed by atoms with E-state index in [0.29, 0.717) is 49.5 Å². The lowest BCUT2D eigenvalue weighted by atomic mass is 9.48. The van der Waals surface area contributed by atoms with Gasteiger partial charge in [-0.3, -0.25) is 9.69 Å². The first-order valence-electron chi connectivity index (χ1n) is 15.6. The Hall–Kier alpha value is -3.04. The van der Waals surface area contributed by atoms with Crippen LogP contribution in [0.3, 0.4) is 0 Å². The Bertz CT molecular complexity index is 1450. The fraction of sp³-hybridized carbons (Fsp3) is 0.559. The van der Waals surface area contributed by atoms with Crippen molar-refractivity contribution in [2.75, 3.05) is 19.6 Å². The normalized spacial score (nSPS) is 31.3. The molecule has 0 radical (unpaired) electrons. The molecule has 1 amide bonds. The number of amides is 1. The molecule has 3 fully saturated rings. The Labute approximate surface area is 250 Å². The fourth-order valence-electron chi connectivity index (χ4n) is 8.60. The van der Waals surface area contributed by atoms with Crippen LogP contribution >= 0.6 is 0 Å². The number of nitrogens with zero attached hydrogens (tertiary/aromatic N) is 2. The molecule has 2 aromatic rings. The smallest absolute Gasteiger partial charge is 0.416 e. The summed E-state index contributed by atoms with van der Waals surface area (Å²) in [5.41, 5.74) is 0.00479. The molecule has 43 heavy (non-hydrogen) atoms. The summed E-state index contributed by atoms with van der Waals surface area (Å²) >= 11 is 0. The number of hydrogen-bond donors (Lipinski definition) is 2. The molecule has 2 bridgehead atoms. The van der Waals surface area contributed by atoms with Crippen molar-refractivity contribution < 1.29 is 32.9 Å². The van der Waals surface area contributed by atoms with Gasteiger partial charge in [-0.05, 0) is 92.3 Å². The molecule has 2 aliphatic heterocycles. The highest BCUT2D eigenvalue weighted by Crippen LogP contribution is 2.66. The SMILES string of the molecule is CC(C)CN(C(=O)/C=C/c1ccc(C(F)(F)F)cc1)C1CC[C@@]2(O)[C@H]3Cc4ccc(O)c5c4[C@@]2(CCN3CC2CC2)C1O5. The average Bonchev–Trinajstić information content (AvgIpc) is 3.70. The Balaban J connectivity index is 1.23. The van der Waals surface area contributed by atoms with E-state index < -0.39 is 28.9 Å². The fourth-order valence-corrected chi connectivity index (χ4v) is 8.60. The van der Waals surface area contributed by atoms with E-state index in [-0.39, 0.29) is 29.7 Å². The number of carbonyl (C=O) groups is 1. The van der Waals surface area contributed by atoms with Gasteiger partial charge in [0.15, 0.2) is 11.5 Å². The predicted octanol–water partition coefficient (Wildman–Crippen LogP) is 5.54. The van der Waals surface area contributed by atoms with Gasteiger partial charge in [0.25, 0.3) is 0 Å². The van der Waals surface area contributed by atoms with Crippen LogP contribution in [-0.2, 0) is 22.8 Å². The molecule has 2 heterocycles. The van der Waals surface area contributed by atoms with Gasteiger partial charge in [-0.25, -0.2) is 0 Å². The maximum Gasteiger partial charge on any atom is 0.416 e. The number of ether oxygens (including phenoxy) is 1. The van der Waals surface area contributed by atoms with Crippen LogP contribution in [0.1, 0.15) is 68.2 Å². The van der Waals surface area contributed by atoms with Gasteiger partial charge in [0.05, 0.1) is 22.6 Å². The second-order valence-corrected chi connectivity index (χ2v) is 13.7. The highest BCUT2D eigenvalue weighted by atomic mass is 19.4. The first-order chi connectivity index (χ1) is 20.4. The molecule has 9 heteroatoms. The Morgan fingerprint density at radius 1 is 1.14 bits per heavy atom. The largest absolute Gasteiger partial charge is 0.504 e. The molecule has 2 unspecified atom stereocenters. The van der Waals surface area contributed by atoms with E-state index in [2.05, 4.69) is 4.90 Å². The number of carbonyl (C=O) groups excluding carboxylic acids is 1. The monoisotopic (exact) mass is 596 g/mol. The first kappa shape index (κ1) is 28.7. The number of phenolic OH excluding ortho intramolecular Hbond substituents is 1. The molecule has 5 atom stereocenters. The molecule has 7 rings (SSSR count). The van der Waals surface area contributed by atoms with Gasteiger partial charge in [-0.15, -0.1) is 0 Å². The van der Waals surface area contributed by atoms with Crippen molar-refractivity contribution in [2.24, 2.45) is 11.8 Å². The number of aromatic hydroxyl groups is 1. The lowest BCUT2D eigenvalue weighted by Gasteiger charge is -2.65. The molecule has 5 aliphatic rings. The van der Waals surface area contributed by atoms with Crippen LogP contribution in [-0.4, -0.2) is 69.3 Å². The van der Waals surface area contributed by atoms with Crippen molar-refractivity contribution in [1.29, 1.82) is 0 Å². The van der Waals surface area contributed by atoms with Gasteiger partial charge in [0.1, 0.15) is 6.10 Å². The van der Waals surface area contributed by atoms with Crippen molar-refractivity contribution in [3.63, 3.8) is 0 Å². The molecular weight excluding hydrogens is 557 g/mol. The standard InChI is InChI=1S/C34H39F3N2O4/c1-20(2)18-39(28(41)12-7-21-5-9-24(10-6-21)34(35,36)37)25-13-14-33(42)27-17-23-8-11-26(40)30-29(23)32(33,31(25)43-30)15-16-38(27)19-22-3-4-22/h5-12,20,22,25,27,31,40,42H,3-4,13-19H2,1-2H3/b12-7+/t25?,27-,31?,32+,33-/m1/s1. The molecule has 2 N–H and O–H groups in total.